The molecular formula is C22H18Cl3N3O4S. The molecule has 0 aliphatic heterocycles. The molecule has 2 N–H and O–H groups in total. The summed E-state index contributed by atoms with van der Waals surface area (Å²) in [5, 5.41) is 14.2. The van der Waals surface area contributed by atoms with Gasteiger partial charge in [0.1, 0.15) is 5.75 Å². The minimum Gasteiger partial charge on any atom is -0.508 e. The van der Waals surface area contributed by atoms with Gasteiger partial charge in [-0.2, -0.15) is 9.41 Å². The molecule has 0 aliphatic rings. The van der Waals surface area contributed by atoms with Crippen molar-refractivity contribution in [3.05, 3.63) is 92.9 Å². The van der Waals surface area contributed by atoms with E-state index in [1.165, 1.54) is 42.6 Å². The van der Waals surface area contributed by atoms with Crippen LogP contribution in [0.4, 0.5) is 0 Å². The topological polar surface area (TPSA) is 99.1 Å². The van der Waals surface area contributed by atoms with Crippen molar-refractivity contribution >= 4 is 56.9 Å². The number of carbonyl (C=O) groups is 1. The average molecular weight is 527 g/mol. The minimum atomic E-state index is -4.12. The minimum absolute atomic E-state index is 0.0436. The predicted octanol–water partition coefficient (Wildman–Crippen LogP) is 4.69. The molecule has 3 rings (SSSR count). The molecule has 0 radical (unpaired) electrons. The number of phenols is 1. The van der Waals surface area contributed by atoms with Crippen LogP contribution in [0.2, 0.25) is 15.1 Å². The molecular weight excluding hydrogens is 509 g/mol. The van der Waals surface area contributed by atoms with Crippen LogP contribution < -0.4 is 5.43 Å². The van der Waals surface area contributed by atoms with Gasteiger partial charge in [-0.1, -0.05) is 53.0 Å². The fourth-order valence-electron chi connectivity index (χ4n) is 2.82. The zero-order chi connectivity index (χ0) is 24.0. The lowest BCUT2D eigenvalue weighted by atomic mass is 10.2. The summed E-state index contributed by atoms with van der Waals surface area (Å²) in [7, 11) is -4.12. The van der Waals surface area contributed by atoms with E-state index in [-0.39, 0.29) is 27.2 Å². The van der Waals surface area contributed by atoms with E-state index in [0.717, 1.165) is 4.31 Å². The van der Waals surface area contributed by atoms with Gasteiger partial charge in [-0.25, -0.2) is 13.8 Å². The molecule has 0 aromatic heterocycles. The summed E-state index contributed by atoms with van der Waals surface area (Å²) in [4.78, 5) is 12.5. The van der Waals surface area contributed by atoms with Crippen LogP contribution in [0, 0.1) is 0 Å². The van der Waals surface area contributed by atoms with E-state index in [1.807, 2.05) is 0 Å². The summed E-state index contributed by atoms with van der Waals surface area (Å²) in [5.41, 5.74) is 3.19. The molecule has 0 fully saturated rings. The number of phenolic OH excluding ortho intramolecular Hbond substituents is 1. The highest BCUT2D eigenvalue weighted by atomic mass is 35.5. The Morgan fingerprint density at radius 3 is 2.27 bits per heavy atom. The molecule has 0 heterocycles. The van der Waals surface area contributed by atoms with Crippen LogP contribution in [0.5, 0.6) is 5.75 Å². The van der Waals surface area contributed by atoms with Crippen molar-refractivity contribution in [2.45, 2.75) is 11.4 Å². The van der Waals surface area contributed by atoms with Crippen LogP contribution in [-0.4, -0.2) is 36.5 Å². The fraction of sp³-hybridized carbons (Fsp3) is 0.0909. The van der Waals surface area contributed by atoms with Crippen molar-refractivity contribution in [1.29, 1.82) is 0 Å². The highest BCUT2D eigenvalue weighted by Crippen LogP contribution is 2.28. The molecule has 1 amide bonds. The first-order valence-electron chi connectivity index (χ1n) is 9.46. The second-order valence-corrected chi connectivity index (χ2v) is 10.0. The first-order valence-corrected chi connectivity index (χ1v) is 12.0. The number of hydrogen-bond donors (Lipinski definition) is 2. The van der Waals surface area contributed by atoms with Gasteiger partial charge in [0, 0.05) is 27.2 Å². The SMILES string of the molecule is O=C(CN(Cc1c(Cl)cccc1Cl)S(=O)(=O)c1ccc(Cl)cc1)N/N=C\c1cccc(O)c1. The Hall–Kier alpha value is -2.62. The Morgan fingerprint density at radius 1 is 1.00 bits per heavy atom. The number of nitrogens with one attached hydrogen (secondary N) is 1. The Bertz CT molecular complexity index is 1260. The lowest BCUT2D eigenvalue weighted by Crippen LogP contribution is -2.39. The Kier molecular flexibility index (Phi) is 8.34. The van der Waals surface area contributed by atoms with Crippen LogP contribution in [0.15, 0.2) is 76.7 Å². The maximum atomic E-state index is 13.3. The third-order valence-corrected chi connectivity index (χ3v) is 7.21. The molecule has 0 atom stereocenters. The van der Waals surface area contributed by atoms with Crippen molar-refractivity contribution < 1.29 is 18.3 Å². The normalized spacial score (nSPS) is 11.8. The smallest absolute Gasteiger partial charge is 0.255 e. The van der Waals surface area contributed by atoms with E-state index in [1.54, 1.807) is 30.3 Å². The van der Waals surface area contributed by atoms with Crippen LogP contribution >= 0.6 is 34.8 Å². The van der Waals surface area contributed by atoms with Gasteiger partial charge in [-0.15, -0.1) is 0 Å². The third kappa shape index (κ3) is 6.69. The number of rotatable bonds is 8. The summed E-state index contributed by atoms with van der Waals surface area (Å²) in [5.74, 6) is -0.644. The van der Waals surface area contributed by atoms with Gasteiger partial charge < -0.3 is 5.11 Å². The Morgan fingerprint density at radius 2 is 1.64 bits per heavy atom. The summed E-state index contributed by atoms with van der Waals surface area (Å²) >= 11 is 18.3. The molecule has 33 heavy (non-hydrogen) atoms. The van der Waals surface area contributed by atoms with Crippen LogP contribution in [-0.2, 0) is 21.4 Å². The first kappa shape index (κ1) is 25.0. The Labute approximate surface area is 206 Å². The lowest BCUT2D eigenvalue weighted by molar-refractivity contribution is -0.121. The molecule has 7 nitrogen and oxygen atoms in total. The van der Waals surface area contributed by atoms with Gasteiger partial charge in [0.05, 0.1) is 17.7 Å². The largest absolute Gasteiger partial charge is 0.508 e. The van der Waals surface area contributed by atoms with Crippen molar-refractivity contribution in [2.24, 2.45) is 5.10 Å². The second-order valence-electron chi connectivity index (χ2n) is 6.82. The van der Waals surface area contributed by atoms with Gasteiger partial charge in [0.15, 0.2) is 0 Å². The zero-order valence-electron chi connectivity index (χ0n) is 17.0. The van der Waals surface area contributed by atoms with E-state index < -0.39 is 22.5 Å². The van der Waals surface area contributed by atoms with E-state index in [4.69, 9.17) is 34.8 Å². The van der Waals surface area contributed by atoms with E-state index >= 15 is 0 Å². The van der Waals surface area contributed by atoms with Gasteiger partial charge in [0.25, 0.3) is 5.91 Å². The van der Waals surface area contributed by atoms with Gasteiger partial charge >= 0.3 is 0 Å². The number of benzene rings is 3. The first-order chi connectivity index (χ1) is 15.7. The molecule has 3 aromatic carbocycles. The molecule has 11 heteroatoms. The van der Waals surface area contributed by atoms with Crippen molar-refractivity contribution in [3.63, 3.8) is 0 Å². The number of sulfonamides is 1. The van der Waals surface area contributed by atoms with Crippen LogP contribution in [0.25, 0.3) is 0 Å². The zero-order valence-corrected chi connectivity index (χ0v) is 20.0. The quantitative estimate of drug-likeness (QED) is 0.328. The average Bonchev–Trinajstić information content (AvgIpc) is 2.76. The number of hydrazone groups is 1. The lowest BCUT2D eigenvalue weighted by Gasteiger charge is -2.22. The van der Waals surface area contributed by atoms with E-state index in [0.29, 0.717) is 16.1 Å². The summed E-state index contributed by atoms with van der Waals surface area (Å²) in [6, 6.07) is 16.6. The van der Waals surface area contributed by atoms with Crippen molar-refractivity contribution in [2.75, 3.05) is 6.54 Å². The number of nitrogens with zero attached hydrogens (tertiary/aromatic N) is 2. The number of aromatic hydroxyl groups is 1. The maximum absolute atomic E-state index is 13.3. The molecule has 3 aromatic rings. The molecule has 172 valence electrons. The fourth-order valence-corrected chi connectivity index (χ4v) is 4.83. The maximum Gasteiger partial charge on any atom is 0.255 e. The highest BCUT2D eigenvalue weighted by Gasteiger charge is 2.28. The second kappa shape index (κ2) is 11.0. The highest BCUT2D eigenvalue weighted by molar-refractivity contribution is 7.89. The number of carbonyl (C=O) groups excluding carboxylic acids is 1. The summed E-state index contributed by atoms with van der Waals surface area (Å²) < 4.78 is 27.5. The van der Waals surface area contributed by atoms with E-state index in [9.17, 15) is 18.3 Å². The van der Waals surface area contributed by atoms with Crippen molar-refractivity contribution in [1.82, 2.24) is 9.73 Å². The molecule has 0 saturated heterocycles. The number of halogens is 3. The van der Waals surface area contributed by atoms with Crippen molar-refractivity contribution in [3.8, 4) is 5.75 Å². The van der Waals surface area contributed by atoms with Gasteiger partial charge in [0.2, 0.25) is 10.0 Å². The third-order valence-electron chi connectivity index (χ3n) is 4.44. The van der Waals surface area contributed by atoms with Crippen LogP contribution in [0.1, 0.15) is 11.1 Å². The summed E-state index contributed by atoms with van der Waals surface area (Å²) in [6.07, 6.45) is 1.32. The molecule has 0 saturated carbocycles. The van der Waals surface area contributed by atoms with Gasteiger partial charge in [-0.3, -0.25) is 4.79 Å². The van der Waals surface area contributed by atoms with Gasteiger partial charge in [-0.05, 0) is 54.1 Å². The monoisotopic (exact) mass is 525 g/mol. The molecule has 0 bridgehead atoms. The standard InChI is InChI=1S/C22H18Cl3N3O4S/c23-16-7-9-18(10-8-16)33(31,32)28(13-19-20(24)5-2-6-21(19)25)14-22(30)27-26-12-15-3-1-4-17(29)11-15/h1-12,29H,13-14H2,(H,27,30)/b26-12-. The van der Waals surface area contributed by atoms with E-state index in [2.05, 4.69) is 10.5 Å². The molecule has 0 spiro atoms. The molecule has 0 unspecified atom stereocenters. The van der Waals surface area contributed by atoms with Crippen LogP contribution in [0.3, 0.4) is 0 Å². The summed E-state index contributed by atoms with van der Waals surface area (Å²) in [6.45, 7) is -0.795. The molecule has 0 aliphatic carbocycles. The number of amides is 1. The number of hydrogen-bond acceptors (Lipinski definition) is 5. The Balaban J connectivity index is 1.84. The predicted molar refractivity (Wildman–Crippen MR) is 129 cm³/mol.